The zero-order valence-corrected chi connectivity index (χ0v) is 24.5. The molecule has 12 nitrogen and oxygen atoms in total. The number of amides is 2. The average molecular weight is 608 g/mol. The minimum absolute atomic E-state index is 0.00446. The van der Waals surface area contributed by atoms with Crippen molar-refractivity contribution >= 4 is 41.0 Å². The van der Waals surface area contributed by atoms with Crippen LogP contribution in [0.2, 0.25) is 5.15 Å². The van der Waals surface area contributed by atoms with Crippen LogP contribution in [-0.4, -0.2) is 95.5 Å². The van der Waals surface area contributed by atoms with Crippen molar-refractivity contribution in [1.29, 1.82) is 5.41 Å². The van der Waals surface area contributed by atoms with Crippen molar-refractivity contribution in [2.24, 2.45) is 0 Å². The van der Waals surface area contributed by atoms with Gasteiger partial charge in [0.2, 0.25) is 0 Å². The second kappa shape index (κ2) is 13.0. The molecule has 0 radical (unpaired) electrons. The summed E-state index contributed by atoms with van der Waals surface area (Å²) >= 11 is 6.45. The van der Waals surface area contributed by atoms with E-state index < -0.39 is 12.0 Å². The van der Waals surface area contributed by atoms with Crippen molar-refractivity contribution in [3.05, 3.63) is 40.7 Å². The first-order chi connectivity index (χ1) is 19.9. The number of anilines is 2. The smallest absolute Gasteiger partial charge is 0.394 e. The molecule has 0 bridgehead atoms. The van der Waals surface area contributed by atoms with Gasteiger partial charge in [-0.1, -0.05) is 18.5 Å². The van der Waals surface area contributed by atoms with Crippen LogP contribution in [-0.2, 0) is 0 Å². The van der Waals surface area contributed by atoms with Crippen molar-refractivity contribution < 1.29 is 23.1 Å². The number of piperidine rings is 1. The van der Waals surface area contributed by atoms with Crippen molar-refractivity contribution in [2.75, 3.05) is 50.4 Å². The van der Waals surface area contributed by atoms with E-state index in [0.29, 0.717) is 50.5 Å². The van der Waals surface area contributed by atoms with Crippen molar-refractivity contribution in [3.8, 4) is 5.75 Å². The van der Waals surface area contributed by atoms with Crippen LogP contribution < -0.4 is 26.0 Å². The zero-order valence-electron chi connectivity index (χ0n) is 23.8. The van der Waals surface area contributed by atoms with Crippen LogP contribution in [0.25, 0.3) is 0 Å². The molecule has 2 fully saturated rings. The lowest BCUT2D eigenvalue weighted by atomic mass is 9.97. The van der Waals surface area contributed by atoms with Gasteiger partial charge in [-0.2, -0.15) is 8.78 Å². The summed E-state index contributed by atoms with van der Waals surface area (Å²) in [5, 5.41) is 12.4. The number of ether oxygens (including phenoxy) is 1. The number of carbonyl (C=O) groups is 2. The van der Waals surface area contributed by atoms with Gasteiger partial charge in [-0.15, -0.1) is 0 Å². The Kier molecular flexibility index (Phi) is 9.67. The van der Waals surface area contributed by atoms with Gasteiger partial charge in [-0.3, -0.25) is 25.2 Å². The quantitative estimate of drug-likeness (QED) is 0.275. The van der Waals surface area contributed by atoms with Gasteiger partial charge in [0.1, 0.15) is 5.75 Å². The Balaban J connectivity index is 1.35. The van der Waals surface area contributed by atoms with E-state index in [2.05, 4.69) is 37.2 Å². The summed E-state index contributed by atoms with van der Waals surface area (Å²) in [6.45, 7) is 5.99. The maximum Gasteiger partial charge on any atom is 0.394 e. The normalized spacial score (nSPS) is 18.5. The topological polar surface area (TPSA) is 153 Å². The number of aromatic nitrogens is 2. The molecule has 2 amide bonds. The fraction of sp³-hybridized carbons (Fsp3) is 0.519. The Morgan fingerprint density at radius 1 is 1.17 bits per heavy atom. The summed E-state index contributed by atoms with van der Waals surface area (Å²) in [6.07, 6.45) is -0.785. The highest BCUT2D eigenvalue weighted by Gasteiger charge is 2.35. The molecule has 1 atom stereocenters. The Morgan fingerprint density at radius 3 is 2.43 bits per heavy atom. The van der Waals surface area contributed by atoms with E-state index in [1.54, 1.807) is 4.90 Å². The summed E-state index contributed by atoms with van der Waals surface area (Å²) in [4.78, 5) is 40.3. The van der Waals surface area contributed by atoms with Gasteiger partial charge in [-0.05, 0) is 43.5 Å². The summed E-state index contributed by atoms with van der Waals surface area (Å²) in [5.41, 5.74) is 6.33. The molecule has 0 unspecified atom stereocenters. The summed E-state index contributed by atoms with van der Waals surface area (Å²) in [7, 11) is 1.50. The molecule has 1 aromatic carbocycles. The van der Waals surface area contributed by atoms with E-state index in [9.17, 15) is 18.4 Å². The largest absolute Gasteiger partial charge is 0.433 e. The summed E-state index contributed by atoms with van der Waals surface area (Å²) in [5.74, 6) is -0.679. The fourth-order valence-electron chi connectivity index (χ4n) is 5.38. The van der Waals surface area contributed by atoms with Gasteiger partial charge < -0.3 is 25.6 Å². The zero-order chi connectivity index (χ0) is 30.6. The number of likely N-dealkylation sites (tertiary alicyclic amines) is 1. The summed E-state index contributed by atoms with van der Waals surface area (Å²) < 4.78 is 30.7. The van der Waals surface area contributed by atoms with Gasteiger partial charge in [0.25, 0.3) is 11.8 Å². The molecule has 42 heavy (non-hydrogen) atoms. The van der Waals surface area contributed by atoms with Crippen molar-refractivity contribution in [2.45, 2.75) is 51.3 Å². The maximum atomic E-state index is 13.1. The number of nitrogens with one attached hydrogen (secondary N) is 3. The molecule has 0 saturated carbocycles. The number of hydrogen-bond donors (Lipinski definition) is 4. The molecule has 1 aromatic heterocycles. The number of nitrogens with two attached hydrogens (primary N) is 1. The molecular formula is C27H36ClF2N9O3. The third kappa shape index (κ3) is 7.34. The second-order valence-electron chi connectivity index (χ2n) is 10.4. The lowest BCUT2D eigenvalue weighted by molar-refractivity contribution is -0.158. The Hall–Kier alpha value is -3.78. The molecule has 0 aliphatic carbocycles. The SMILES string of the molecule is CC[C@H]1CN(c2nc(N)c(C(=O)NC(=N)NC)nc2Cl)CCN1C1CCN(C(=O)c2ccc(OC(C)(F)F)cc2)CC1. The molecule has 15 heteroatoms. The van der Waals surface area contributed by atoms with Crippen LogP contribution in [0.3, 0.4) is 0 Å². The molecule has 0 spiro atoms. The van der Waals surface area contributed by atoms with Crippen LogP contribution in [0.5, 0.6) is 5.75 Å². The predicted molar refractivity (Wildman–Crippen MR) is 155 cm³/mol. The minimum atomic E-state index is -3.29. The van der Waals surface area contributed by atoms with Crippen molar-refractivity contribution in [3.63, 3.8) is 0 Å². The fourth-order valence-corrected chi connectivity index (χ4v) is 5.63. The second-order valence-corrected chi connectivity index (χ2v) is 10.7. The Bertz CT molecular complexity index is 1300. The first-order valence-corrected chi connectivity index (χ1v) is 14.2. The number of halogens is 3. The highest BCUT2D eigenvalue weighted by Crippen LogP contribution is 2.30. The number of guanidine groups is 1. The minimum Gasteiger partial charge on any atom is -0.433 e. The van der Waals surface area contributed by atoms with Crippen LogP contribution in [0.4, 0.5) is 20.4 Å². The average Bonchev–Trinajstić information content (AvgIpc) is 2.97. The predicted octanol–water partition coefficient (Wildman–Crippen LogP) is 2.79. The highest BCUT2D eigenvalue weighted by atomic mass is 35.5. The first kappa shape index (κ1) is 31.2. The third-order valence-electron chi connectivity index (χ3n) is 7.49. The molecule has 5 N–H and O–H groups in total. The number of rotatable bonds is 7. The Labute approximate surface area is 248 Å². The Morgan fingerprint density at radius 2 is 1.83 bits per heavy atom. The van der Waals surface area contributed by atoms with E-state index in [1.165, 1.54) is 31.3 Å². The number of benzene rings is 1. The van der Waals surface area contributed by atoms with Crippen LogP contribution in [0.1, 0.15) is 54.0 Å². The number of carbonyl (C=O) groups excluding carboxylic acids is 2. The molecular weight excluding hydrogens is 572 g/mol. The van der Waals surface area contributed by atoms with E-state index in [0.717, 1.165) is 25.8 Å². The van der Waals surface area contributed by atoms with Gasteiger partial charge in [0.15, 0.2) is 28.4 Å². The monoisotopic (exact) mass is 607 g/mol. The molecule has 228 valence electrons. The molecule has 4 rings (SSSR count). The number of alkyl halides is 2. The third-order valence-corrected chi connectivity index (χ3v) is 7.74. The van der Waals surface area contributed by atoms with Gasteiger partial charge >= 0.3 is 6.11 Å². The van der Waals surface area contributed by atoms with Crippen LogP contribution in [0.15, 0.2) is 24.3 Å². The lowest BCUT2D eigenvalue weighted by Crippen LogP contribution is -2.58. The van der Waals surface area contributed by atoms with E-state index in [4.69, 9.17) is 22.7 Å². The molecule has 2 saturated heterocycles. The van der Waals surface area contributed by atoms with E-state index in [1.807, 2.05) is 4.90 Å². The molecule has 2 aromatic rings. The van der Waals surface area contributed by atoms with E-state index in [-0.39, 0.29) is 40.3 Å². The lowest BCUT2D eigenvalue weighted by Gasteiger charge is -2.47. The van der Waals surface area contributed by atoms with E-state index >= 15 is 0 Å². The standard InChI is InChI=1S/C27H36ClF2N9O3/c1-4-17-15-38(23-21(28)34-20(22(31)35-23)24(40)36-26(32)33-3)13-14-39(17)18-9-11-37(12-10-18)25(41)16-5-7-19(8-6-16)42-27(2,29)30/h5-8,17-18H,4,9-15H2,1-3H3,(H2,31,35)(H3,32,33,36,40)/t17-/m0/s1. The van der Waals surface area contributed by atoms with Gasteiger partial charge in [-0.25, -0.2) is 9.97 Å². The molecule has 2 aliphatic rings. The maximum absolute atomic E-state index is 13.1. The number of piperazine rings is 1. The highest BCUT2D eigenvalue weighted by molar-refractivity contribution is 6.32. The number of nitrogens with zero attached hydrogens (tertiary/aromatic N) is 5. The van der Waals surface area contributed by atoms with Crippen LogP contribution >= 0.6 is 11.6 Å². The summed E-state index contributed by atoms with van der Waals surface area (Å²) in [6, 6.07) is 6.28. The molecule has 3 heterocycles. The number of hydrogen-bond acceptors (Lipinski definition) is 9. The van der Waals surface area contributed by atoms with Crippen LogP contribution in [0, 0.1) is 5.41 Å². The first-order valence-electron chi connectivity index (χ1n) is 13.8. The van der Waals surface area contributed by atoms with Gasteiger partial charge in [0, 0.05) is 64.3 Å². The van der Waals surface area contributed by atoms with Crippen molar-refractivity contribution in [1.82, 2.24) is 30.4 Å². The number of nitrogen functional groups attached to an aromatic ring is 1. The van der Waals surface area contributed by atoms with Gasteiger partial charge in [0.05, 0.1) is 0 Å². The molecule has 2 aliphatic heterocycles.